The van der Waals surface area contributed by atoms with E-state index in [4.69, 9.17) is 0 Å². The molecule has 0 atom stereocenters. The number of amides is 1. The third-order valence-electron chi connectivity index (χ3n) is 4.37. The molecule has 4 heteroatoms. The molecule has 0 spiro atoms. The second kappa shape index (κ2) is 7.00. The molecular weight excluding hydrogens is 339 g/mol. The molecule has 0 N–H and O–H groups in total. The Morgan fingerprint density at radius 1 is 0.889 bits per heavy atom. The van der Waals surface area contributed by atoms with Gasteiger partial charge in [-0.05, 0) is 42.8 Å². The molecule has 0 bridgehead atoms. The zero-order chi connectivity index (χ0) is 18.8. The summed E-state index contributed by atoms with van der Waals surface area (Å²) in [6.07, 6.45) is 1.73. The van der Waals surface area contributed by atoms with Crippen LogP contribution in [0.25, 0.3) is 6.08 Å². The van der Waals surface area contributed by atoms with E-state index < -0.39 is 5.82 Å². The van der Waals surface area contributed by atoms with Crippen LogP contribution in [0.4, 0.5) is 10.1 Å². The Morgan fingerprint density at radius 2 is 1.56 bits per heavy atom. The summed E-state index contributed by atoms with van der Waals surface area (Å²) in [5.74, 6) is -0.399. The van der Waals surface area contributed by atoms with Crippen LogP contribution < -0.4 is 4.90 Å². The van der Waals surface area contributed by atoms with Crippen molar-refractivity contribution >= 4 is 23.5 Å². The number of hydrogen-bond acceptors (Lipinski definition) is 2. The van der Waals surface area contributed by atoms with Gasteiger partial charge < -0.3 is 0 Å². The molecule has 0 fully saturated rings. The molecule has 4 rings (SSSR count). The van der Waals surface area contributed by atoms with Crippen LogP contribution in [-0.4, -0.2) is 11.7 Å². The van der Waals surface area contributed by atoms with Gasteiger partial charge in [0.1, 0.15) is 11.5 Å². The number of halogens is 1. The van der Waals surface area contributed by atoms with Gasteiger partial charge in [0.2, 0.25) is 0 Å². The molecule has 1 aliphatic rings. The van der Waals surface area contributed by atoms with Crippen molar-refractivity contribution < 1.29 is 9.18 Å². The minimum atomic E-state index is -0.415. The van der Waals surface area contributed by atoms with Crippen molar-refractivity contribution in [2.75, 3.05) is 4.90 Å². The lowest BCUT2D eigenvalue weighted by Gasteiger charge is -2.18. The molecule has 0 saturated heterocycles. The van der Waals surface area contributed by atoms with Crippen molar-refractivity contribution in [2.24, 2.45) is 4.99 Å². The average Bonchev–Trinajstić information content (AvgIpc) is 3.01. The lowest BCUT2D eigenvalue weighted by Crippen LogP contribution is -2.33. The van der Waals surface area contributed by atoms with Gasteiger partial charge in [-0.2, -0.15) is 0 Å². The van der Waals surface area contributed by atoms with E-state index in [1.807, 2.05) is 61.5 Å². The maximum atomic E-state index is 14.4. The van der Waals surface area contributed by atoms with Gasteiger partial charge in [-0.25, -0.2) is 9.38 Å². The summed E-state index contributed by atoms with van der Waals surface area (Å²) in [7, 11) is 0. The highest BCUT2D eigenvalue weighted by molar-refractivity contribution is 6.33. The van der Waals surface area contributed by atoms with E-state index in [2.05, 4.69) is 4.99 Å². The quantitative estimate of drug-likeness (QED) is 0.610. The summed E-state index contributed by atoms with van der Waals surface area (Å²) in [4.78, 5) is 19.0. The van der Waals surface area contributed by atoms with Gasteiger partial charge in [-0.15, -0.1) is 0 Å². The van der Waals surface area contributed by atoms with E-state index in [-0.39, 0.29) is 11.6 Å². The van der Waals surface area contributed by atoms with Gasteiger partial charge in [-0.3, -0.25) is 9.69 Å². The summed E-state index contributed by atoms with van der Waals surface area (Å²) < 4.78 is 14.4. The van der Waals surface area contributed by atoms with E-state index in [1.165, 1.54) is 11.0 Å². The minimum Gasteiger partial charge on any atom is -0.266 e. The number of carbonyl (C=O) groups excluding carboxylic acids is 1. The molecule has 0 unspecified atom stereocenters. The van der Waals surface area contributed by atoms with Crippen LogP contribution in [0.15, 0.2) is 89.6 Å². The molecule has 1 heterocycles. The van der Waals surface area contributed by atoms with Gasteiger partial charge >= 0.3 is 0 Å². The van der Waals surface area contributed by atoms with Crippen LogP contribution in [0.2, 0.25) is 0 Å². The molecule has 1 amide bonds. The van der Waals surface area contributed by atoms with Crippen LogP contribution in [-0.2, 0) is 4.79 Å². The smallest absolute Gasteiger partial charge is 0.266 e. The van der Waals surface area contributed by atoms with Crippen LogP contribution in [0.5, 0.6) is 0 Å². The predicted octanol–water partition coefficient (Wildman–Crippen LogP) is 4.97. The first-order valence-electron chi connectivity index (χ1n) is 8.65. The molecule has 0 aromatic heterocycles. The van der Waals surface area contributed by atoms with Gasteiger partial charge in [-0.1, -0.05) is 60.2 Å². The molecule has 0 saturated carbocycles. The first-order chi connectivity index (χ1) is 13.1. The maximum absolute atomic E-state index is 14.4. The Morgan fingerprint density at radius 3 is 2.26 bits per heavy atom. The molecule has 27 heavy (non-hydrogen) atoms. The molecule has 3 aromatic carbocycles. The summed E-state index contributed by atoms with van der Waals surface area (Å²) in [5.41, 5.74) is 3.23. The molecule has 132 valence electrons. The molecule has 1 aliphatic heterocycles. The molecule has 3 nitrogen and oxygen atoms in total. The number of nitrogens with zero attached hydrogens (tertiary/aromatic N) is 2. The van der Waals surface area contributed by atoms with Gasteiger partial charge in [0.05, 0.1) is 11.3 Å². The summed E-state index contributed by atoms with van der Waals surface area (Å²) in [6.45, 7) is 2.00. The largest absolute Gasteiger partial charge is 0.282 e. The Labute approximate surface area is 157 Å². The van der Waals surface area contributed by atoms with E-state index in [0.717, 1.165) is 11.1 Å². The first-order valence-corrected chi connectivity index (χ1v) is 8.65. The van der Waals surface area contributed by atoms with Crippen molar-refractivity contribution in [1.82, 2.24) is 0 Å². The lowest BCUT2D eigenvalue weighted by atomic mass is 10.1. The number of amidine groups is 1. The van der Waals surface area contributed by atoms with Crippen molar-refractivity contribution in [1.29, 1.82) is 0 Å². The molecule has 0 radical (unpaired) electrons. The molecular formula is C23H17FN2O. The fourth-order valence-electron chi connectivity index (χ4n) is 2.98. The van der Waals surface area contributed by atoms with Crippen molar-refractivity contribution in [3.05, 3.63) is 107 Å². The van der Waals surface area contributed by atoms with Crippen LogP contribution in [0.3, 0.4) is 0 Å². The Bertz CT molecular complexity index is 1050. The highest BCUT2D eigenvalue weighted by Gasteiger charge is 2.33. The van der Waals surface area contributed by atoms with E-state index >= 15 is 0 Å². The maximum Gasteiger partial charge on any atom is 0.282 e. The monoisotopic (exact) mass is 356 g/mol. The summed E-state index contributed by atoms with van der Waals surface area (Å²) in [5, 5.41) is 0. The zero-order valence-corrected chi connectivity index (χ0v) is 14.8. The number of anilines is 1. The van der Waals surface area contributed by atoms with Crippen LogP contribution >= 0.6 is 0 Å². The zero-order valence-electron chi connectivity index (χ0n) is 14.8. The van der Waals surface area contributed by atoms with E-state index in [0.29, 0.717) is 17.1 Å². The third kappa shape index (κ3) is 3.29. The topological polar surface area (TPSA) is 32.7 Å². The Kier molecular flexibility index (Phi) is 4.38. The number of carbonyl (C=O) groups is 1. The number of rotatable bonds is 3. The highest BCUT2D eigenvalue weighted by Crippen LogP contribution is 2.28. The fourth-order valence-corrected chi connectivity index (χ4v) is 2.98. The van der Waals surface area contributed by atoms with E-state index in [9.17, 15) is 9.18 Å². The van der Waals surface area contributed by atoms with Gasteiger partial charge in [0, 0.05) is 0 Å². The van der Waals surface area contributed by atoms with Gasteiger partial charge in [0.25, 0.3) is 5.91 Å². The fraction of sp³-hybridized carbons (Fsp3) is 0.0435. The Hall–Kier alpha value is -3.53. The second-order valence-corrected chi connectivity index (χ2v) is 6.33. The van der Waals surface area contributed by atoms with Crippen LogP contribution in [0.1, 0.15) is 16.7 Å². The summed E-state index contributed by atoms with van der Waals surface area (Å²) in [6, 6.07) is 23.3. The SMILES string of the molecule is Cc1ccc(/C=C2/N=C(c3ccccc3F)N(c3ccccc3)C2=O)cc1. The van der Waals surface area contributed by atoms with Crippen molar-refractivity contribution in [3.63, 3.8) is 0 Å². The first kappa shape index (κ1) is 16.9. The molecule has 3 aromatic rings. The van der Waals surface area contributed by atoms with Gasteiger partial charge in [0.15, 0.2) is 5.84 Å². The number of para-hydroxylation sites is 1. The third-order valence-corrected chi connectivity index (χ3v) is 4.37. The normalized spacial score (nSPS) is 15.3. The van der Waals surface area contributed by atoms with Crippen molar-refractivity contribution in [3.8, 4) is 0 Å². The number of hydrogen-bond donors (Lipinski definition) is 0. The van der Waals surface area contributed by atoms with E-state index in [1.54, 1.807) is 24.3 Å². The predicted molar refractivity (Wildman–Crippen MR) is 106 cm³/mol. The molecule has 0 aliphatic carbocycles. The minimum absolute atomic E-state index is 0.278. The van der Waals surface area contributed by atoms with Crippen LogP contribution in [0, 0.1) is 12.7 Å². The highest BCUT2D eigenvalue weighted by atomic mass is 19.1. The Balaban J connectivity index is 1.84. The lowest BCUT2D eigenvalue weighted by molar-refractivity contribution is -0.113. The number of aryl methyl sites for hydroxylation is 1. The average molecular weight is 356 g/mol. The number of aliphatic imine (C=N–C) groups is 1. The second-order valence-electron chi connectivity index (χ2n) is 6.33. The standard InChI is InChI=1S/C23H17FN2O/c1-16-11-13-17(14-12-16)15-21-23(27)26(18-7-3-2-4-8-18)22(25-21)19-9-5-6-10-20(19)24/h2-15H,1H3/b21-15+. The van der Waals surface area contributed by atoms with Crippen molar-refractivity contribution in [2.45, 2.75) is 6.92 Å². The summed E-state index contributed by atoms with van der Waals surface area (Å²) >= 11 is 0. The number of benzene rings is 3.